The quantitative estimate of drug-likeness (QED) is 0.766. The zero-order valence-corrected chi connectivity index (χ0v) is 13.4. The SMILES string of the molecule is CSCC(CCO)NCC(C)c1cccc(Br)c1. The number of hydrogen-bond donors (Lipinski definition) is 2. The molecule has 1 rings (SSSR count). The Morgan fingerprint density at radius 2 is 2.22 bits per heavy atom. The Labute approximate surface area is 123 Å². The summed E-state index contributed by atoms with van der Waals surface area (Å²) in [6.07, 6.45) is 2.93. The van der Waals surface area contributed by atoms with Crippen molar-refractivity contribution < 1.29 is 5.11 Å². The molecule has 2 N–H and O–H groups in total. The molecule has 0 heterocycles. The van der Waals surface area contributed by atoms with Gasteiger partial charge in [-0.2, -0.15) is 11.8 Å². The summed E-state index contributed by atoms with van der Waals surface area (Å²) in [6.45, 7) is 3.43. The molecule has 1 aromatic rings. The summed E-state index contributed by atoms with van der Waals surface area (Å²) in [7, 11) is 0. The van der Waals surface area contributed by atoms with Crippen LogP contribution in [0.5, 0.6) is 0 Å². The van der Waals surface area contributed by atoms with Gasteiger partial charge in [0.1, 0.15) is 0 Å². The van der Waals surface area contributed by atoms with Gasteiger partial charge in [0.2, 0.25) is 0 Å². The summed E-state index contributed by atoms with van der Waals surface area (Å²) in [5.74, 6) is 1.52. The van der Waals surface area contributed by atoms with E-state index in [1.165, 1.54) is 5.56 Å². The number of thioether (sulfide) groups is 1. The van der Waals surface area contributed by atoms with Crippen LogP contribution in [0.1, 0.15) is 24.8 Å². The third-order valence-electron chi connectivity index (χ3n) is 2.98. The van der Waals surface area contributed by atoms with E-state index in [4.69, 9.17) is 5.11 Å². The van der Waals surface area contributed by atoms with Crippen LogP contribution in [0, 0.1) is 0 Å². The highest BCUT2D eigenvalue weighted by atomic mass is 79.9. The highest BCUT2D eigenvalue weighted by molar-refractivity contribution is 9.10. The fraction of sp³-hybridized carbons (Fsp3) is 0.571. The van der Waals surface area contributed by atoms with E-state index in [0.717, 1.165) is 23.2 Å². The van der Waals surface area contributed by atoms with Crippen LogP contribution in [-0.2, 0) is 0 Å². The van der Waals surface area contributed by atoms with Gasteiger partial charge in [0.15, 0.2) is 0 Å². The van der Waals surface area contributed by atoms with Crippen LogP contribution in [0.2, 0.25) is 0 Å². The van der Waals surface area contributed by atoms with E-state index >= 15 is 0 Å². The van der Waals surface area contributed by atoms with Gasteiger partial charge in [-0.3, -0.25) is 0 Å². The van der Waals surface area contributed by atoms with Gasteiger partial charge in [-0.1, -0.05) is 35.0 Å². The van der Waals surface area contributed by atoms with Crippen LogP contribution in [0.15, 0.2) is 28.7 Å². The lowest BCUT2D eigenvalue weighted by atomic mass is 10.0. The van der Waals surface area contributed by atoms with E-state index in [0.29, 0.717) is 12.0 Å². The molecule has 1 aromatic carbocycles. The fourth-order valence-electron chi connectivity index (χ4n) is 1.88. The lowest BCUT2D eigenvalue weighted by molar-refractivity contribution is 0.269. The van der Waals surface area contributed by atoms with Gasteiger partial charge in [-0.05, 0) is 36.3 Å². The number of aliphatic hydroxyl groups excluding tert-OH is 1. The van der Waals surface area contributed by atoms with Crippen molar-refractivity contribution in [3.8, 4) is 0 Å². The minimum Gasteiger partial charge on any atom is -0.396 e. The normalized spacial score (nSPS) is 14.4. The molecule has 0 radical (unpaired) electrons. The second-order valence-corrected chi connectivity index (χ2v) is 6.36. The van der Waals surface area contributed by atoms with E-state index < -0.39 is 0 Å². The summed E-state index contributed by atoms with van der Waals surface area (Å²) in [4.78, 5) is 0. The number of halogens is 1. The summed E-state index contributed by atoms with van der Waals surface area (Å²) < 4.78 is 1.13. The van der Waals surface area contributed by atoms with Crippen molar-refractivity contribution in [3.05, 3.63) is 34.3 Å². The first-order valence-corrected chi connectivity index (χ1v) is 8.44. The maximum Gasteiger partial charge on any atom is 0.0446 e. The van der Waals surface area contributed by atoms with E-state index in [-0.39, 0.29) is 6.61 Å². The first-order chi connectivity index (χ1) is 8.67. The number of benzene rings is 1. The Hall–Kier alpha value is -0.0300. The number of nitrogens with one attached hydrogen (secondary N) is 1. The molecule has 0 amide bonds. The largest absolute Gasteiger partial charge is 0.396 e. The third kappa shape index (κ3) is 5.74. The predicted octanol–water partition coefficient (Wildman–Crippen LogP) is 3.26. The van der Waals surface area contributed by atoms with E-state index in [1.807, 2.05) is 17.8 Å². The molecule has 2 nitrogen and oxygen atoms in total. The lowest BCUT2D eigenvalue weighted by Crippen LogP contribution is -2.34. The Balaban J connectivity index is 2.46. The molecular formula is C14H22BrNOS. The molecule has 0 saturated carbocycles. The van der Waals surface area contributed by atoms with Gasteiger partial charge >= 0.3 is 0 Å². The number of rotatable bonds is 8. The average molecular weight is 332 g/mol. The summed E-state index contributed by atoms with van der Waals surface area (Å²) >= 11 is 5.32. The first kappa shape index (κ1) is 16.0. The molecule has 0 saturated heterocycles. The summed E-state index contributed by atoms with van der Waals surface area (Å²) in [6, 6.07) is 8.85. The number of aliphatic hydroxyl groups is 1. The molecule has 0 aromatic heterocycles. The van der Waals surface area contributed by atoms with Gasteiger partial charge in [0, 0.05) is 29.4 Å². The minimum absolute atomic E-state index is 0.253. The smallest absolute Gasteiger partial charge is 0.0446 e. The highest BCUT2D eigenvalue weighted by Gasteiger charge is 2.10. The molecule has 2 atom stereocenters. The van der Waals surface area contributed by atoms with E-state index in [1.54, 1.807) is 0 Å². The molecule has 4 heteroatoms. The molecule has 0 aliphatic carbocycles. The van der Waals surface area contributed by atoms with Gasteiger partial charge in [-0.25, -0.2) is 0 Å². The molecule has 18 heavy (non-hydrogen) atoms. The molecule has 2 unspecified atom stereocenters. The monoisotopic (exact) mass is 331 g/mol. The standard InChI is InChI=1S/C14H22BrNOS/c1-11(12-4-3-5-13(15)8-12)9-16-14(6-7-17)10-18-2/h3-5,8,11,14,16-17H,6-7,9-10H2,1-2H3. The molecule has 0 spiro atoms. The molecule has 102 valence electrons. The maximum atomic E-state index is 9.03. The molecule has 0 aliphatic rings. The highest BCUT2D eigenvalue weighted by Crippen LogP contribution is 2.19. The Bertz CT molecular complexity index is 342. The Morgan fingerprint density at radius 1 is 1.44 bits per heavy atom. The second-order valence-electron chi connectivity index (χ2n) is 4.53. The van der Waals surface area contributed by atoms with E-state index in [2.05, 4.69) is 52.6 Å². The zero-order chi connectivity index (χ0) is 13.4. The second kappa shape index (κ2) is 8.97. The van der Waals surface area contributed by atoms with Crippen molar-refractivity contribution in [2.75, 3.05) is 25.2 Å². The van der Waals surface area contributed by atoms with Crippen molar-refractivity contribution in [1.29, 1.82) is 0 Å². The van der Waals surface area contributed by atoms with Crippen LogP contribution < -0.4 is 5.32 Å². The van der Waals surface area contributed by atoms with Crippen LogP contribution in [0.25, 0.3) is 0 Å². The van der Waals surface area contributed by atoms with Crippen molar-refractivity contribution in [2.24, 2.45) is 0 Å². The predicted molar refractivity (Wildman–Crippen MR) is 84.4 cm³/mol. The van der Waals surface area contributed by atoms with Crippen molar-refractivity contribution >= 4 is 27.7 Å². The molecule has 0 aliphatic heterocycles. The van der Waals surface area contributed by atoms with Crippen LogP contribution in [0.4, 0.5) is 0 Å². The zero-order valence-electron chi connectivity index (χ0n) is 11.0. The van der Waals surface area contributed by atoms with Crippen molar-refractivity contribution in [2.45, 2.75) is 25.3 Å². The Kier molecular flexibility index (Phi) is 7.98. The molecule has 0 fully saturated rings. The number of hydrogen-bond acceptors (Lipinski definition) is 3. The van der Waals surface area contributed by atoms with Crippen LogP contribution in [0.3, 0.4) is 0 Å². The maximum absolute atomic E-state index is 9.03. The van der Waals surface area contributed by atoms with Gasteiger partial charge in [0.25, 0.3) is 0 Å². The van der Waals surface area contributed by atoms with Gasteiger partial charge < -0.3 is 10.4 Å². The van der Waals surface area contributed by atoms with Crippen molar-refractivity contribution in [1.82, 2.24) is 5.32 Å². The van der Waals surface area contributed by atoms with Crippen LogP contribution in [-0.4, -0.2) is 36.3 Å². The molecular weight excluding hydrogens is 310 g/mol. The van der Waals surface area contributed by atoms with Crippen molar-refractivity contribution in [3.63, 3.8) is 0 Å². The van der Waals surface area contributed by atoms with E-state index in [9.17, 15) is 0 Å². The average Bonchev–Trinajstić information content (AvgIpc) is 2.36. The summed E-state index contributed by atoms with van der Waals surface area (Å²) in [5, 5.41) is 12.6. The van der Waals surface area contributed by atoms with Gasteiger partial charge in [0.05, 0.1) is 0 Å². The Morgan fingerprint density at radius 3 is 2.83 bits per heavy atom. The lowest BCUT2D eigenvalue weighted by Gasteiger charge is -2.20. The fourth-order valence-corrected chi connectivity index (χ4v) is 2.98. The topological polar surface area (TPSA) is 32.3 Å². The van der Waals surface area contributed by atoms with Gasteiger partial charge in [-0.15, -0.1) is 0 Å². The van der Waals surface area contributed by atoms with Crippen LogP contribution >= 0.6 is 27.7 Å². The molecule has 0 bridgehead atoms. The third-order valence-corrected chi connectivity index (χ3v) is 4.20. The first-order valence-electron chi connectivity index (χ1n) is 6.26. The summed E-state index contributed by atoms with van der Waals surface area (Å²) in [5.41, 5.74) is 1.34. The minimum atomic E-state index is 0.253.